The van der Waals surface area contributed by atoms with Crippen LogP contribution in [0.2, 0.25) is 0 Å². The van der Waals surface area contributed by atoms with Crippen LogP contribution in [0, 0.1) is 0 Å². The van der Waals surface area contributed by atoms with E-state index >= 15 is 0 Å². The largest absolute Gasteiger partial charge is 0.390 e. The Labute approximate surface area is 109 Å². The standard InChI is InChI=1S/C12H14N4O3/c13-16-14-4-3-10(17)12(19)7-1-2-9-8(5-7)6-11(18)15-9/h1-2,5,10,12,17,19H,3-4,6H2,(H,15,18). The third kappa shape index (κ3) is 3.03. The molecule has 1 amide bonds. The van der Waals surface area contributed by atoms with Crippen molar-refractivity contribution in [2.24, 2.45) is 5.11 Å². The van der Waals surface area contributed by atoms with E-state index in [2.05, 4.69) is 15.3 Å². The Kier molecular flexibility index (Phi) is 4.01. The van der Waals surface area contributed by atoms with Crippen molar-refractivity contribution in [1.29, 1.82) is 0 Å². The molecule has 1 heterocycles. The number of benzene rings is 1. The maximum atomic E-state index is 11.2. The zero-order valence-electron chi connectivity index (χ0n) is 10.2. The number of hydrogen-bond acceptors (Lipinski definition) is 4. The summed E-state index contributed by atoms with van der Waals surface area (Å²) in [7, 11) is 0. The molecule has 19 heavy (non-hydrogen) atoms. The summed E-state index contributed by atoms with van der Waals surface area (Å²) in [5, 5.41) is 25.8. The number of rotatable bonds is 5. The molecule has 0 fully saturated rings. The van der Waals surface area contributed by atoms with Gasteiger partial charge in [-0.3, -0.25) is 4.79 Å². The number of amides is 1. The average molecular weight is 262 g/mol. The van der Waals surface area contributed by atoms with Gasteiger partial charge in [0.15, 0.2) is 0 Å². The Morgan fingerprint density at radius 2 is 2.26 bits per heavy atom. The van der Waals surface area contributed by atoms with Gasteiger partial charge in [0, 0.05) is 17.1 Å². The van der Waals surface area contributed by atoms with Gasteiger partial charge in [-0.2, -0.15) is 0 Å². The van der Waals surface area contributed by atoms with Crippen LogP contribution in [0.5, 0.6) is 0 Å². The molecule has 0 spiro atoms. The molecule has 100 valence electrons. The second kappa shape index (κ2) is 5.71. The summed E-state index contributed by atoms with van der Waals surface area (Å²) < 4.78 is 0. The first-order valence-electron chi connectivity index (χ1n) is 5.91. The highest BCUT2D eigenvalue weighted by molar-refractivity contribution is 5.99. The van der Waals surface area contributed by atoms with Gasteiger partial charge < -0.3 is 15.5 Å². The molecule has 1 aromatic carbocycles. The van der Waals surface area contributed by atoms with E-state index < -0.39 is 12.2 Å². The molecule has 1 aliphatic heterocycles. The number of carbonyl (C=O) groups is 1. The van der Waals surface area contributed by atoms with Crippen molar-refractivity contribution in [1.82, 2.24) is 0 Å². The third-order valence-electron chi connectivity index (χ3n) is 3.05. The Balaban J connectivity index is 2.07. The molecular weight excluding hydrogens is 248 g/mol. The molecule has 0 aromatic heterocycles. The van der Waals surface area contributed by atoms with E-state index in [9.17, 15) is 15.0 Å². The smallest absolute Gasteiger partial charge is 0.228 e. The van der Waals surface area contributed by atoms with Gasteiger partial charge in [-0.05, 0) is 29.1 Å². The Morgan fingerprint density at radius 3 is 3.00 bits per heavy atom. The maximum Gasteiger partial charge on any atom is 0.228 e. The molecule has 2 atom stereocenters. The third-order valence-corrected chi connectivity index (χ3v) is 3.05. The molecule has 0 saturated carbocycles. The molecule has 0 bridgehead atoms. The number of azide groups is 1. The van der Waals surface area contributed by atoms with Crippen LogP contribution in [0.4, 0.5) is 5.69 Å². The molecular formula is C12H14N4O3. The van der Waals surface area contributed by atoms with Gasteiger partial charge in [0.2, 0.25) is 5.91 Å². The lowest BCUT2D eigenvalue weighted by Crippen LogP contribution is -2.19. The fraction of sp³-hybridized carbons (Fsp3) is 0.417. The Morgan fingerprint density at radius 1 is 1.47 bits per heavy atom. The SMILES string of the molecule is [N-]=[N+]=NCCC(O)C(O)c1ccc2c(c1)CC(=O)N2. The minimum atomic E-state index is -1.06. The molecule has 1 aromatic rings. The molecule has 2 unspecified atom stereocenters. The Hall–Kier alpha value is -2.08. The molecule has 7 nitrogen and oxygen atoms in total. The molecule has 7 heteroatoms. The van der Waals surface area contributed by atoms with Crippen molar-refractivity contribution in [3.63, 3.8) is 0 Å². The van der Waals surface area contributed by atoms with E-state index in [-0.39, 0.29) is 25.3 Å². The van der Waals surface area contributed by atoms with Crippen LogP contribution < -0.4 is 5.32 Å². The van der Waals surface area contributed by atoms with Crippen molar-refractivity contribution in [3.05, 3.63) is 39.8 Å². The van der Waals surface area contributed by atoms with Gasteiger partial charge in [-0.1, -0.05) is 17.2 Å². The van der Waals surface area contributed by atoms with Crippen LogP contribution in [0.15, 0.2) is 23.3 Å². The Bertz CT molecular complexity index is 540. The summed E-state index contributed by atoms with van der Waals surface area (Å²) in [5.74, 6) is -0.0782. The average Bonchev–Trinajstić information content (AvgIpc) is 2.77. The lowest BCUT2D eigenvalue weighted by molar-refractivity contribution is -0.115. The number of aliphatic hydroxyl groups is 2. The second-order valence-electron chi connectivity index (χ2n) is 4.40. The highest BCUT2D eigenvalue weighted by atomic mass is 16.3. The van der Waals surface area contributed by atoms with E-state index in [1.165, 1.54) is 0 Å². The molecule has 2 rings (SSSR count). The maximum absolute atomic E-state index is 11.2. The summed E-state index contributed by atoms with van der Waals surface area (Å²) in [6.45, 7) is 0.125. The summed E-state index contributed by atoms with van der Waals surface area (Å²) in [4.78, 5) is 13.8. The number of aliphatic hydroxyl groups excluding tert-OH is 2. The quantitative estimate of drug-likeness (QED) is 0.421. The molecule has 0 saturated heterocycles. The number of nitrogens with zero attached hydrogens (tertiary/aromatic N) is 3. The van der Waals surface area contributed by atoms with E-state index in [0.29, 0.717) is 5.56 Å². The predicted octanol–water partition coefficient (Wildman–Crippen LogP) is 1.28. The number of anilines is 1. The summed E-state index contributed by atoms with van der Waals surface area (Å²) >= 11 is 0. The summed E-state index contributed by atoms with van der Waals surface area (Å²) in [6.07, 6.45) is -1.60. The van der Waals surface area contributed by atoms with Gasteiger partial charge in [-0.15, -0.1) is 0 Å². The minimum absolute atomic E-state index is 0.0782. The first-order valence-corrected chi connectivity index (χ1v) is 5.91. The fourth-order valence-corrected chi connectivity index (χ4v) is 2.05. The highest BCUT2D eigenvalue weighted by Gasteiger charge is 2.22. The lowest BCUT2D eigenvalue weighted by atomic mass is 9.99. The van der Waals surface area contributed by atoms with E-state index in [1.54, 1.807) is 18.2 Å². The fourth-order valence-electron chi connectivity index (χ4n) is 2.05. The minimum Gasteiger partial charge on any atom is -0.390 e. The van der Waals surface area contributed by atoms with Crippen molar-refractivity contribution in [2.45, 2.75) is 25.0 Å². The number of hydrogen-bond donors (Lipinski definition) is 3. The van der Waals surface area contributed by atoms with Crippen molar-refractivity contribution in [2.75, 3.05) is 11.9 Å². The monoisotopic (exact) mass is 262 g/mol. The van der Waals surface area contributed by atoms with Gasteiger partial charge in [0.1, 0.15) is 6.10 Å². The van der Waals surface area contributed by atoms with Gasteiger partial charge in [0.05, 0.1) is 12.5 Å². The number of fused-ring (bicyclic) bond motifs is 1. The van der Waals surface area contributed by atoms with Crippen LogP contribution >= 0.6 is 0 Å². The van der Waals surface area contributed by atoms with E-state index in [1.807, 2.05) is 0 Å². The number of nitrogens with one attached hydrogen (secondary N) is 1. The first-order chi connectivity index (χ1) is 9.11. The molecule has 3 N–H and O–H groups in total. The van der Waals surface area contributed by atoms with Crippen LogP contribution in [0.1, 0.15) is 23.7 Å². The zero-order valence-corrected chi connectivity index (χ0v) is 10.2. The molecule has 0 radical (unpaired) electrons. The zero-order chi connectivity index (χ0) is 13.8. The van der Waals surface area contributed by atoms with E-state index in [0.717, 1.165) is 11.3 Å². The molecule has 1 aliphatic rings. The first kappa shape index (κ1) is 13.4. The van der Waals surface area contributed by atoms with Crippen molar-refractivity contribution in [3.8, 4) is 0 Å². The topological polar surface area (TPSA) is 118 Å². The van der Waals surface area contributed by atoms with Crippen LogP contribution in [0.25, 0.3) is 10.4 Å². The number of carbonyl (C=O) groups excluding carboxylic acids is 1. The van der Waals surface area contributed by atoms with Gasteiger partial charge in [0.25, 0.3) is 0 Å². The highest BCUT2D eigenvalue weighted by Crippen LogP contribution is 2.28. The molecule has 0 aliphatic carbocycles. The van der Waals surface area contributed by atoms with E-state index in [4.69, 9.17) is 5.53 Å². The van der Waals surface area contributed by atoms with Crippen LogP contribution in [0.3, 0.4) is 0 Å². The second-order valence-corrected chi connectivity index (χ2v) is 4.40. The summed E-state index contributed by atoms with van der Waals surface area (Å²) in [6, 6.07) is 5.07. The summed E-state index contributed by atoms with van der Waals surface area (Å²) in [5.41, 5.74) is 10.2. The van der Waals surface area contributed by atoms with Gasteiger partial charge in [-0.25, -0.2) is 0 Å². The predicted molar refractivity (Wildman–Crippen MR) is 68.4 cm³/mol. The van der Waals surface area contributed by atoms with Crippen LogP contribution in [-0.2, 0) is 11.2 Å². The van der Waals surface area contributed by atoms with Crippen molar-refractivity contribution >= 4 is 11.6 Å². The normalized spacial score (nSPS) is 16.2. The van der Waals surface area contributed by atoms with Gasteiger partial charge >= 0.3 is 0 Å². The van der Waals surface area contributed by atoms with Crippen molar-refractivity contribution < 1.29 is 15.0 Å². The lowest BCUT2D eigenvalue weighted by Gasteiger charge is -2.18. The van der Waals surface area contributed by atoms with Crippen LogP contribution in [-0.4, -0.2) is 28.8 Å².